The minimum Gasteiger partial charge on any atom is -0.378 e. The van der Waals surface area contributed by atoms with E-state index in [1.54, 1.807) is 18.2 Å². The number of benzene rings is 1. The first-order valence-corrected chi connectivity index (χ1v) is 7.73. The molecule has 1 aromatic carbocycles. The smallest absolute Gasteiger partial charge is 0.253 e. The van der Waals surface area contributed by atoms with Crippen LogP contribution in [0.25, 0.3) is 0 Å². The van der Waals surface area contributed by atoms with Crippen LogP contribution in [0, 0.1) is 0 Å². The molecule has 3 rings (SSSR count). The van der Waals surface area contributed by atoms with E-state index < -0.39 is 0 Å². The first kappa shape index (κ1) is 17.7. The number of rotatable bonds is 5. The lowest BCUT2D eigenvalue weighted by Gasteiger charge is -2.23. The summed E-state index contributed by atoms with van der Waals surface area (Å²) < 4.78 is 5.34. The van der Waals surface area contributed by atoms with Gasteiger partial charge in [-0.15, -0.1) is 12.4 Å². The van der Waals surface area contributed by atoms with Crippen molar-refractivity contribution < 1.29 is 14.3 Å². The van der Waals surface area contributed by atoms with Gasteiger partial charge in [0, 0.05) is 25.0 Å². The van der Waals surface area contributed by atoms with Gasteiger partial charge in [0.2, 0.25) is 5.91 Å². The molecule has 1 saturated carbocycles. The van der Waals surface area contributed by atoms with Crippen molar-refractivity contribution in [2.24, 2.45) is 0 Å². The second-order valence-electron chi connectivity index (χ2n) is 5.77. The van der Waals surface area contributed by atoms with Crippen LogP contribution in [0.3, 0.4) is 0 Å². The first-order valence-electron chi connectivity index (χ1n) is 7.73. The quantitative estimate of drug-likeness (QED) is 0.756. The maximum atomic E-state index is 12.2. The summed E-state index contributed by atoms with van der Waals surface area (Å²) in [7, 11) is 0. The summed E-state index contributed by atoms with van der Waals surface area (Å²) in [5, 5.41) is 9.02. The molecule has 1 aliphatic heterocycles. The van der Waals surface area contributed by atoms with Crippen LogP contribution in [-0.2, 0) is 9.53 Å². The number of carbonyl (C=O) groups excluding carboxylic acids is 2. The molecule has 7 heteroatoms. The zero-order valence-electron chi connectivity index (χ0n) is 12.8. The van der Waals surface area contributed by atoms with E-state index in [0.29, 0.717) is 36.9 Å². The van der Waals surface area contributed by atoms with Crippen molar-refractivity contribution in [2.75, 3.05) is 25.1 Å². The van der Waals surface area contributed by atoms with Crippen molar-refractivity contribution in [3.63, 3.8) is 0 Å². The zero-order chi connectivity index (χ0) is 15.4. The van der Waals surface area contributed by atoms with Crippen LogP contribution >= 0.6 is 12.4 Å². The number of para-hydroxylation sites is 1. The number of anilines is 1. The summed E-state index contributed by atoms with van der Waals surface area (Å²) in [5.41, 5.74) is 1.07. The molecule has 2 aliphatic rings. The third-order valence-electron chi connectivity index (χ3n) is 3.79. The van der Waals surface area contributed by atoms with Gasteiger partial charge >= 0.3 is 0 Å². The monoisotopic (exact) mass is 339 g/mol. The molecule has 126 valence electrons. The Hall–Kier alpha value is -1.63. The number of morpholine rings is 1. The lowest BCUT2D eigenvalue weighted by Crippen LogP contribution is -2.43. The Morgan fingerprint density at radius 1 is 1.26 bits per heavy atom. The molecule has 0 aromatic heterocycles. The molecule has 1 heterocycles. The molecule has 0 spiro atoms. The third-order valence-corrected chi connectivity index (χ3v) is 3.79. The van der Waals surface area contributed by atoms with Crippen LogP contribution in [0.2, 0.25) is 0 Å². The fourth-order valence-electron chi connectivity index (χ4n) is 2.46. The summed E-state index contributed by atoms with van der Waals surface area (Å²) in [6.45, 7) is 1.98. The lowest BCUT2D eigenvalue weighted by molar-refractivity contribution is -0.117. The fraction of sp³-hybridized carbons (Fsp3) is 0.500. The van der Waals surface area contributed by atoms with Crippen molar-refractivity contribution in [1.29, 1.82) is 0 Å². The molecule has 2 amide bonds. The van der Waals surface area contributed by atoms with Crippen LogP contribution < -0.4 is 16.0 Å². The van der Waals surface area contributed by atoms with Crippen molar-refractivity contribution in [1.82, 2.24) is 10.6 Å². The molecule has 1 aliphatic carbocycles. The number of hydrogen-bond donors (Lipinski definition) is 3. The molecule has 3 N–H and O–H groups in total. The summed E-state index contributed by atoms with van der Waals surface area (Å²) in [6, 6.07) is 7.42. The Bertz CT molecular complexity index is 557. The Balaban J connectivity index is 0.00000192. The lowest BCUT2D eigenvalue weighted by atomic mass is 10.1. The van der Waals surface area contributed by atoms with Gasteiger partial charge in [0.1, 0.15) is 0 Å². The first-order chi connectivity index (χ1) is 10.7. The molecular formula is C16H22ClN3O3. The van der Waals surface area contributed by atoms with Crippen LogP contribution in [0.4, 0.5) is 5.69 Å². The van der Waals surface area contributed by atoms with Gasteiger partial charge in [-0.3, -0.25) is 9.59 Å². The summed E-state index contributed by atoms with van der Waals surface area (Å²) in [5.74, 6) is -0.243. The molecule has 1 unspecified atom stereocenters. The Morgan fingerprint density at radius 2 is 2.04 bits per heavy atom. The van der Waals surface area contributed by atoms with E-state index in [9.17, 15) is 9.59 Å². The van der Waals surface area contributed by atoms with Crippen LogP contribution in [-0.4, -0.2) is 43.7 Å². The number of ether oxygens (including phenoxy) is 1. The van der Waals surface area contributed by atoms with E-state index in [0.717, 1.165) is 19.4 Å². The van der Waals surface area contributed by atoms with Gasteiger partial charge < -0.3 is 20.7 Å². The van der Waals surface area contributed by atoms with E-state index in [2.05, 4.69) is 16.0 Å². The molecule has 1 saturated heterocycles. The molecule has 1 atom stereocenters. The minimum atomic E-state index is -0.127. The van der Waals surface area contributed by atoms with E-state index in [1.165, 1.54) is 0 Å². The van der Waals surface area contributed by atoms with Crippen LogP contribution in [0.15, 0.2) is 24.3 Å². The molecule has 23 heavy (non-hydrogen) atoms. The van der Waals surface area contributed by atoms with Crippen LogP contribution in [0.1, 0.15) is 29.6 Å². The van der Waals surface area contributed by atoms with Gasteiger partial charge in [-0.1, -0.05) is 12.1 Å². The molecule has 1 aromatic rings. The second kappa shape index (κ2) is 8.29. The standard InChI is InChI=1S/C16H21N3O3.ClH/c20-15(9-12-10-22-8-7-17-12)19-14-4-2-1-3-13(14)16(21)18-11-5-6-11;/h1-4,11-12,17H,5-10H2,(H,18,21)(H,19,20);1H. The van der Waals surface area contributed by atoms with Crippen molar-refractivity contribution >= 4 is 29.9 Å². The van der Waals surface area contributed by atoms with Gasteiger partial charge in [0.25, 0.3) is 5.91 Å². The zero-order valence-corrected chi connectivity index (χ0v) is 13.7. The predicted octanol–water partition coefficient (Wildman–Crippen LogP) is 1.32. The normalized spacial score (nSPS) is 20.3. The predicted molar refractivity (Wildman–Crippen MR) is 90.0 cm³/mol. The molecule has 0 radical (unpaired) electrons. The highest BCUT2D eigenvalue weighted by atomic mass is 35.5. The van der Waals surface area contributed by atoms with Crippen molar-refractivity contribution in [2.45, 2.75) is 31.3 Å². The highest BCUT2D eigenvalue weighted by Gasteiger charge is 2.25. The summed E-state index contributed by atoms with van der Waals surface area (Å²) in [6.07, 6.45) is 2.40. The Labute approximate surface area is 141 Å². The summed E-state index contributed by atoms with van der Waals surface area (Å²) in [4.78, 5) is 24.3. The Morgan fingerprint density at radius 3 is 2.74 bits per heavy atom. The number of halogens is 1. The van der Waals surface area contributed by atoms with Gasteiger partial charge in [-0.05, 0) is 25.0 Å². The highest BCUT2D eigenvalue weighted by Crippen LogP contribution is 2.21. The average Bonchev–Trinajstić information content (AvgIpc) is 3.32. The highest BCUT2D eigenvalue weighted by molar-refractivity contribution is 6.04. The largest absolute Gasteiger partial charge is 0.378 e. The average molecular weight is 340 g/mol. The van der Waals surface area contributed by atoms with Gasteiger partial charge in [-0.2, -0.15) is 0 Å². The molecular weight excluding hydrogens is 318 g/mol. The minimum absolute atomic E-state index is 0. The second-order valence-corrected chi connectivity index (χ2v) is 5.77. The fourth-order valence-corrected chi connectivity index (χ4v) is 2.46. The SMILES string of the molecule is Cl.O=C(CC1COCCN1)Nc1ccccc1C(=O)NC1CC1. The van der Waals surface area contributed by atoms with E-state index >= 15 is 0 Å². The third kappa shape index (κ3) is 5.20. The maximum Gasteiger partial charge on any atom is 0.253 e. The van der Waals surface area contributed by atoms with Gasteiger partial charge in [0.05, 0.1) is 24.5 Å². The molecule has 0 bridgehead atoms. The van der Waals surface area contributed by atoms with E-state index in [1.807, 2.05) is 6.07 Å². The van der Waals surface area contributed by atoms with E-state index in [4.69, 9.17) is 4.74 Å². The molecule has 2 fully saturated rings. The molecule has 6 nitrogen and oxygen atoms in total. The van der Waals surface area contributed by atoms with Gasteiger partial charge in [-0.25, -0.2) is 0 Å². The van der Waals surface area contributed by atoms with Crippen LogP contribution in [0.5, 0.6) is 0 Å². The van der Waals surface area contributed by atoms with E-state index in [-0.39, 0.29) is 30.3 Å². The topological polar surface area (TPSA) is 79.5 Å². The number of nitrogens with one attached hydrogen (secondary N) is 3. The van der Waals surface area contributed by atoms with Crippen molar-refractivity contribution in [3.05, 3.63) is 29.8 Å². The van der Waals surface area contributed by atoms with Crippen molar-refractivity contribution in [3.8, 4) is 0 Å². The Kier molecular flexibility index (Phi) is 6.38. The maximum absolute atomic E-state index is 12.2. The summed E-state index contributed by atoms with van der Waals surface area (Å²) >= 11 is 0. The number of carbonyl (C=O) groups is 2. The number of hydrogen-bond acceptors (Lipinski definition) is 4. The number of amides is 2. The van der Waals surface area contributed by atoms with Gasteiger partial charge in [0.15, 0.2) is 0 Å².